The maximum atomic E-state index is 12.5. The second kappa shape index (κ2) is 9.33. The molecule has 3 rings (SSSR count). The van der Waals surface area contributed by atoms with Crippen molar-refractivity contribution in [2.24, 2.45) is 0 Å². The van der Waals surface area contributed by atoms with Crippen molar-refractivity contribution in [2.75, 3.05) is 25.6 Å². The number of carbonyl (C=O) groups excluding carboxylic acids is 4. The SMILES string of the molecule is COC(=O)c1ccccc1NC(=O)COC(=O)[C@@H]1CCCN1C(=O)c1cccs1. The van der Waals surface area contributed by atoms with E-state index in [0.29, 0.717) is 24.3 Å². The summed E-state index contributed by atoms with van der Waals surface area (Å²) in [4.78, 5) is 51.0. The van der Waals surface area contributed by atoms with Gasteiger partial charge >= 0.3 is 11.9 Å². The minimum Gasteiger partial charge on any atom is -0.465 e. The number of para-hydroxylation sites is 1. The van der Waals surface area contributed by atoms with E-state index in [4.69, 9.17) is 4.74 Å². The van der Waals surface area contributed by atoms with Gasteiger partial charge in [-0.15, -0.1) is 11.3 Å². The van der Waals surface area contributed by atoms with Crippen molar-refractivity contribution in [3.63, 3.8) is 0 Å². The maximum Gasteiger partial charge on any atom is 0.339 e. The standard InChI is InChI=1S/C20H20N2O6S/c1-27-19(25)13-6-2-3-7-14(13)21-17(23)12-28-20(26)15-8-4-10-22(15)18(24)16-9-5-11-29-16/h2-3,5-7,9,11,15H,4,8,10,12H2,1H3,(H,21,23)/t15-/m0/s1. The lowest BCUT2D eigenvalue weighted by atomic mass is 10.2. The van der Waals surface area contributed by atoms with Gasteiger partial charge in [-0.25, -0.2) is 9.59 Å². The summed E-state index contributed by atoms with van der Waals surface area (Å²) in [6.45, 7) is -0.0545. The van der Waals surface area contributed by atoms with E-state index in [1.54, 1.807) is 35.7 Å². The van der Waals surface area contributed by atoms with E-state index in [1.807, 2.05) is 0 Å². The average Bonchev–Trinajstić information content (AvgIpc) is 3.43. The van der Waals surface area contributed by atoms with Gasteiger partial charge < -0.3 is 19.7 Å². The zero-order valence-corrected chi connectivity index (χ0v) is 16.6. The van der Waals surface area contributed by atoms with E-state index in [-0.39, 0.29) is 17.2 Å². The summed E-state index contributed by atoms with van der Waals surface area (Å²) in [5.41, 5.74) is 0.453. The summed E-state index contributed by atoms with van der Waals surface area (Å²) in [5, 5.41) is 4.33. The molecule has 2 aromatic rings. The van der Waals surface area contributed by atoms with Crippen molar-refractivity contribution in [1.29, 1.82) is 0 Å². The Balaban J connectivity index is 1.57. The Bertz CT molecular complexity index is 911. The highest BCUT2D eigenvalue weighted by molar-refractivity contribution is 7.12. The monoisotopic (exact) mass is 416 g/mol. The Hall–Kier alpha value is -3.20. The predicted octanol–water partition coefficient (Wildman–Crippen LogP) is 2.32. The fourth-order valence-corrected chi connectivity index (χ4v) is 3.77. The van der Waals surface area contributed by atoms with Crippen LogP contribution in [0.1, 0.15) is 32.9 Å². The van der Waals surface area contributed by atoms with Crippen molar-refractivity contribution >= 4 is 40.8 Å². The molecule has 1 aromatic heterocycles. The summed E-state index contributed by atoms with van der Waals surface area (Å²) in [6, 6.07) is 9.13. The molecule has 9 heteroatoms. The number of nitrogens with zero attached hydrogens (tertiary/aromatic N) is 1. The Labute approximate surface area is 171 Å². The van der Waals surface area contributed by atoms with Gasteiger partial charge in [0.15, 0.2) is 6.61 Å². The number of esters is 2. The van der Waals surface area contributed by atoms with E-state index >= 15 is 0 Å². The lowest BCUT2D eigenvalue weighted by Gasteiger charge is -2.22. The molecule has 1 fully saturated rings. The van der Waals surface area contributed by atoms with Crippen molar-refractivity contribution in [2.45, 2.75) is 18.9 Å². The van der Waals surface area contributed by atoms with Crippen LogP contribution in [0.25, 0.3) is 0 Å². The van der Waals surface area contributed by atoms with Gasteiger partial charge in [0, 0.05) is 6.54 Å². The first-order valence-electron chi connectivity index (χ1n) is 8.99. The third-order valence-electron chi connectivity index (χ3n) is 4.47. The van der Waals surface area contributed by atoms with Crippen LogP contribution in [0.5, 0.6) is 0 Å². The molecule has 0 bridgehead atoms. The Morgan fingerprint density at radius 3 is 2.69 bits per heavy atom. The molecule has 1 aliphatic rings. The number of carbonyl (C=O) groups is 4. The molecule has 2 amide bonds. The topological polar surface area (TPSA) is 102 Å². The van der Waals surface area contributed by atoms with Gasteiger partial charge in [0.2, 0.25) is 0 Å². The fourth-order valence-electron chi connectivity index (χ4n) is 3.10. The molecule has 0 radical (unpaired) electrons. The lowest BCUT2D eigenvalue weighted by molar-refractivity contribution is -0.151. The van der Waals surface area contributed by atoms with E-state index in [9.17, 15) is 19.2 Å². The number of benzene rings is 1. The normalized spacial score (nSPS) is 15.6. The number of ether oxygens (including phenoxy) is 2. The summed E-state index contributed by atoms with van der Waals surface area (Å²) < 4.78 is 9.80. The Kier molecular flexibility index (Phi) is 6.61. The maximum absolute atomic E-state index is 12.5. The molecule has 1 saturated heterocycles. The van der Waals surface area contributed by atoms with Crippen molar-refractivity contribution < 1.29 is 28.7 Å². The number of thiophene rings is 1. The molecule has 0 spiro atoms. The zero-order chi connectivity index (χ0) is 20.8. The second-order valence-corrected chi connectivity index (χ2v) is 7.27. The van der Waals surface area contributed by atoms with Crippen molar-refractivity contribution in [1.82, 2.24) is 4.90 Å². The van der Waals surface area contributed by atoms with Crippen LogP contribution >= 0.6 is 11.3 Å². The van der Waals surface area contributed by atoms with Crippen LogP contribution in [0.15, 0.2) is 41.8 Å². The predicted molar refractivity (Wildman–Crippen MR) is 106 cm³/mol. The Morgan fingerprint density at radius 1 is 1.17 bits per heavy atom. The molecule has 1 atom stereocenters. The molecule has 0 unspecified atom stereocenters. The van der Waals surface area contributed by atoms with Gasteiger partial charge in [0.1, 0.15) is 6.04 Å². The largest absolute Gasteiger partial charge is 0.465 e. The number of rotatable bonds is 6. The van der Waals surface area contributed by atoms with E-state index in [2.05, 4.69) is 10.1 Å². The van der Waals surface area contributed by atoms with Crippen LogP contribution in [0, 0.1) is 0 Å². The van der Waals surface area contributed by atoms with Gasteiger partial charge in [0.25, 0.3) is 11.8 Å². The first kappa shape index (κ1) is 20.5. The van der Waals surface area contributed by atoms with Gasteiger partial charge in [-0.05, 0) is 36.4 Å². The van der Waals surface area contributed by atoms with E-state index < -0.39 is 30.5 Å². The molecule has 1 aliphatic heterocycles. The number of amides is 2. The number of anilines is 1. The molecule has 0 saturated carbocycles. The molecule has 1 N–H and O–H groups in total. The number of nitrogens with one attached hydrogen (secondary N) is 1. The summed E-state index contributed by atoms with van der Waals surface area (Å²) in [5.74, 6) is -2.02. The number of hydrogen-bond acceptors (Lipinski definition) is 7. The minimum atomic E-state index is -0.709. The zero-order valence-electron chi connectivity index (χ0n) is 15.8. The van der Waals surface area contributed by atoms with Crippen LogP contribution in [0.2, 0.25) is 0 Å². The van der Waals surface area contributed by atoms with Crippen molar-refractivity contribution in [3.05, 3.63) is 52.2 Å². The van der Waals surface area contributed by atoms with Crippen LogP contribution in [-0.4, -0.2) is 55.0 Å². The highest BCUT2D eigenvalue weighted by Crippen LogP contribution is 2.23. The molecule has 8 nitrogen and oxygen atoms in total. The molecular weight excluding hydrogens is 396 g/mol. The molecule has 1 aromatic carbocycles. The van der Waals surface area contributed by atoms with Gasteiger partial charge in [-0.2, -0.15) is 0 Å². The quantitative estimate of drug-likeness (QED) is 0.725. The summed E-state index contributed by atoms with van der Waals surface area (Å²) in [6.07, 6.45) is 1.18. The molecule has 2 heterocycles. The average molecular weight is 416 g/mol. The van der Waals surface area contributed by atoms with Crippen molar-refractivity contribution in [3.8, 4) is 0 Å². The van der Waals surface area contributed by atoms with Gasteiger partial charge in [-0.1, -0.05) is 18.2 Å². The van der Waals surface area contributed by atoms with Crippen LogP contribution < -0.4 is 5.32 Å². The van der Waals surface area contributed by atoms with E-state index in [0.717, 1.165) is 0 Å². The highest BCUT2D eigenvalue weighted by Gasteiger charge is 2.36. The van der Waals surface area contributed by atoms with Crippen LogP contribution in [0.4, 0.5) is 5.69 Å². The smallest absolute Gasteiger partial charge is 0.339 e. The highest BCUT2D eigenvalue weighted by atomic mass is 32.1. The first-order chi connectivity index (χ1) is 14.0. The lowest BCUT2D eigenvalue weighted by Crippen LogP contribution is -2.41. The molecule has 0 aliphatic carbocycles. The Morgan fingerprint density at radius 2 is 1.97 bits per heavy atom. The third kappa shape index (κ3) is 4.80. The van der Waals surface area contributed by atoms with Crippen LogP contribution in [-0.2, 0) is 19.1 Å². The van der Waals surface area contributed by atoms with Crippen LogP contribution in [0.3, 0.4) is 0 Å². The van der Waals surface area contributed by atoms with Gasteiger partial charge in [0.05, 0.1) is 23.2 Å². The fraction of sp³-hybridized carbons (Fsp3) is 0.300. The van der Waals surface area contributed by atoms with Gasteiger partial charge in [-0.3, -0.25) is 9.59 Å². The number of likely N-dealkylation sites (tertiary alicyclic amines) is 1. The first-order valence-corrected chi connectivity index (χ1v) is 9.87. The number of methoxy groups -OCH3 is 1. The summed E-state index contributed by atoms with van der Waals surface area (Å²) >= 11 is 1.31. The second-order valence-electron chi connectivity index (χ2n) is 6.33. The van der Waals surface area contributed by atoms with E-state index in [1.165, 1.54) is 29.4 Å². The minimum absolute atomic E-state index is 0.193. The number of hydrogen-bond donors (Lipinski definition) is 1. The molecule has 29 heavy (non-hydrogen) atoms. The molecular formula is C20H20N2O6S. The molecule has 152 valence electrons. The third-order valence-corrected chi connectivity index (χ3v) is 5.33. The summed E-state index contributed by atoms with van der Waals surface area (Å²) in [7, 11) is 1.24.